The largest absolute Gasteiger partial charge is 0.317 e. The first-order chi connectivity index (χ1) is 7.63. The summed E-state index contributed by atoms with van der Waals surface area (Å²) in [6.45, 7) is 8.93. The van der Waals surface area contributed by atoms with Gasteiger partial charge in [0.1, 0.15) is 0 Å². The third kappa shape index (κ3) is 6.65. The van der Waals surface area contributed by atoms with E-state index in [1.165, 1.54) is 19.3 Å². The normalized spacial score (nSPS) is 11.6. The third-order valence-corrected chi connectivity index (χ3v) is 2.77. The van der Waals surface area contributed by atoms with Crippen LogP contribution < -0.4 is 0 Å². The Morgan fingerprint density at radius 1 is 1.06 bits per heavy atom. The molecule has 0 aromatic heterocycles. The summed E-state index contributed by atoms with van der Waals surface area (Å²) in [6, 6.07) is 0. The summed E-state index contributed by atoms with van der Waals surface area (Å²) in [5.41, 5.74) is 1.12. The maximum absolute atomic E-state index is 11.5. The standard InChI is InChI=1S/C14H27NO/c1-5-7-9-10-12-15(14(4)16)13(3)11-8-6-2/h11H,5-10,12H2,1-4H3/b13-11-. The van der Waals surface area contributed by atoms with Crippen LogP contribution in [0.2, 0.25) is 0 Å². The number of allylic oxidation sites excluding steroid dienone is 2. The van der Waals surface area contributed by atoms with Crippen molar-refractivity contribution in [3.63, 3.8) is 0 Å². The van der Waals surface area contributed by atoms with E-state index in [-0.39, 0.29) is 5.91 Å². The smallest absolute Gasteiger partial charge is 0.223 e. The Balaban J connectivity index is 4.11. The van der Waals surface area contributed by atoms with Gasteiger partial charge in [0, 0.05) is 19.2 Å². The van der Waals surface area contributed by atoms with Crippen LogP contribution in [0.15, 0.2) is 11.8 Å². The Morgan fingerprint density at radius 3 is 2.25 bits per heavy atom. The van der Waals surface area contributed by atoms with Crippen LogP contribution in [0.25, 0.3) is 0 Å². The van der Waals surface area contributed by atoms with E-state index in [4.69, 9.17) is 0 Å². The molecule has 0 saturated heterocycles. The van der Waals surface area contributed by atoms with Gasteiger partial charge in [-0.2, -0.15) is 0 Å². The number of amides is 1. The summed E-state index contributed by atoms with van der Waals surface area (Å²) in [5.74, 6) is 0.168. The minimum absolute atomic E-state index is 0.168. The molecule has 0 N–H and O–H groups in total. The first kappa shape index (κ1) is 15.2. The average Bonchev–Trinajstić information content (AvgIpc) is 2.25. The number of rotatable bonds is 8. The van der Waals surface area contributed by atoms with Gasteiger partial charge in [-0.1, -0.05) is 45.6 Å². The van der Waals surface area contributed by atoms with Crippen LogP contribution >= 0.6 is 0 Å². The number of carbonyl (C=O) groups is 1. The molecule has 0 bridgehead atoms. The van der Waals surface area contributed by atoms with Crippen molar-refractivity contribution < 1.29 is 4.79 Å². The van der Waals surface area contributed by atoms with E-state index in [1.54, 1.807) is 6.92 Å². The minimum atomic E-state index is 0.168. The average molecular weight is 225 g/mol. The second kappa shape index (κ2) is 9.44. The molecule has 94 valence electrons. The highest BCUT2D eigenvalue weighted by Gasteiger charge is 2.09. The van der Waals surface area contributed by atoms with Gasteiger partial charge >= 0.3 is 0 Å². The molecule has 1 amide bonds. The number of unbranched alkanes of at least 4 members (excludes halogenated alkanes) is 4. The number of hydrogen-bond donors (Lipinski definition) is 0. The highest BCUT2D eigenvalue weighted by molar-refractivity contribution is 5.75. The highest BCUT2D eigenvalue weighted by Crippen LogP contribution is 2.09. The summed E-state index contributed by atoms with van der Waals surface area (Å²) < 4.78 is 0. The summed E-state index contributed by atoms with van der Waals surface area (Å²) in [6.07, 6.45) is 9.21. The lowest BCUT2D eigenvalue weighted by atomic mass is 10.2. The maximum atomic E-state index is 11.5. The van der Waals surface area contributed by atoms with Crippen molar-refractivity contribution in [1.29, 1.82) is 0 Å². The van der Waals surface area contributed by atoms with Crippen molar-refractivity contribution in [1.82, 2.24) is 4.90 Å². The number of hydrogen-bond acceptors (Lipinski definition) is 1. The van der Waals surface area contributed by atoms with Gasteiger partial charge in [0.05, 0.1) is 0 Å². The van der Waals surface area contributed by atoms with E-state index in [1.807, 2.05) is 11.8 Å². The second-order valence-corrected chi connectivity index (χ2v) is 4.37. The molecular weight excluding hydrogens is 198 g/mol. The van der Waals surface area contributed by atoms with Gasteiger partial charge in [0.2, 0.25) is 5.91 Å². The van der Waals surface area contributed by atoms with Gasteiger partial charge in [0.25, 0.3) is 0 Å². The zero-order chi connectivity index (χ0) is 12.4. The van der Waals surface area contributed by atoms with E-state index < -0.39 is 0 Å². The topological polar surface area (TPSA) is 20.3 Å². The van der Waals surface area contributed by atoms with Crippen LogP contribution in [-0.4, -0.2) is 17.4 Å². The van der Waals surface area contributed by atoms with Crippen molar-refractivity contribution in [2.45, 2.75) is 66.2 Å². The molecule has 0 aromatic rings. The predicted octanol–water partition coefficient (Wildman–Crippen LogP) is 4.12. The lowest BCUT2D eigenvalue weighted by molar-refractivity contribution is -0.127. The van der Waals surface area contributed by atoms with Crippen molar-refractivity contribution in [3.05, 3.63) is 11.8 Å². The van der Waals surface area contributed by atoms with E-state index in [0.29, 0.717) is 0 Å². The summed E-state index contributed by atoms with van der Waals surface area (Å²) in [4.78, 5) is 13.4. The molecule has 0 aromatic carbocycles. The van der Waals surface area contributed by atoms with Crippen molar-refractivity contribution in [2.24, 2.45) is 0 Å². The lowest BCUT2D eigenvalue weighted by Gasteiger charge is -2.21. The quantitative estimate of drug-likeness (QED) is 0.569. The molecule has 0 fully saturated rings. The molecule has 0 radical (unpaired) electrons. The maximum Gasteiger partial charge on any atom is 0.223 e. The minimum Gasteiger partial charge on any atom is -0.317 e. The number of nitrogens with zero attached hydrogens (tertiary/aromatic N) is 1. The monoisotopic (exact) mass is 225 g/mol. The van der Waals surface area contributed by atoms with Gasteiger partial charge in [-0.3, -0.25) is 4.79 Å². The van der Waals surface area contributed by atoms with Gasteiger partial charge in [-0.15, -0.1) is 0 Å². The first-order valence-electron chi connectivity index (χ1n) is 6.58. The predicted molar refractivity (Wildman–Crippen MR) is 70.2 cm³/mol. The Kier molecular flexibility index (Phi) is 8.97. The van der Waals surface area contributed by atoms with Crippen LogP contribution in [0.5, 0.6) is 0 Å². The Hall–Kier alpha value is -0.790. The SMILES string of the molecule is CCC/C=C(/C)N(CCCCCC)C(C)=O. The Bertz CT molecular complexity index is 221. The van der Waals surface area contributed by atoms with Crippen molar-refractivity contribution in [3.8, 4) is 0 Å². The lowest BCUT2D eigenvalue weighted by Crippen LogP contribution is -2.28. The van der Waals surface area contributed by atoms with Gasteiger partial charge in [0.15, 0.2) is 0 Å². The van der Waals surface area contributed by atoms with E-state index in [2.05, 4.69) is 19.9 Å². The Morgan fingerprint density at radius 2 is 1.75 bits per heavy atom. The summed E-state index contributed by atoms with van der Waals surface area (Å²) in [5, 5.41) is 0. The van der Waals surface area contributed by atoms with Crippen LogP contribution in [-0.2, 0) is 4.79 Å². The van der Waals surface area contributed by atoms with Gasteiger partial charge in [-0.25, -0.2) is 0 Å². The van der Waals surface area contributed by atoms with Gasteiger partial charge < -0.3 is 4.90 Å². The molecule has 16 heavy (non-hydrogen) atoms. The molecule has 0 unspecified atom stereocenters. The molecule has 0 heterocycles. The zero-order valence-corrected chi connectivity index (χ0v) is 11.4. The van der Waals surface area contributed by atoms with Crippen molar-refractivity contribution in [2.75, 3.05) is 6.54 Å². The second-order valence-electron chi connectivity index (χ2n) is 4.37. The molecule has 0 aliphatic heterocycles. The third-order valence-electron chi connectivity index (χ3n) is 2.77. The Labute approximate surface area is 101 Å². The molecule has 0 aliphatic rings. The summed E-state index contributed by atoms with van der Waals surface area (Å²) >= 11 is 0. The van der Waals surface area contributed by atoms with Gasteiger partial charge in [-0.05, 0) is 19.8 Å². The summed E-state index contributed by atoms with van der Waals surface area (Å²) in [7, 11) is 0. The van der Waals surface area contributed by atoms with Crippen LogP contribution in [0.3, 0.4) is 0 Å². The molecular formula is C14H27NO. The fraction of sp³-hybridized carbons (Fsp3) is 0.786. The van der Waals surface area contributed by atoms with Crippen LogP contribution in [0, 0.1) is 0 Å². The number of carbonyl (C=O) groups excluding carboxylic acids is 1. The molecule has 0 atom stereocenters. The van der Waals surface area contributed by atoms with Crippen molar-refractivity contribution >= 4 is 5.91 Å². The van der Waals surface area contributed by atoms with E-state index in [0.717, 1.165) is 31.5 Å². The molecule has 0 rings (SSSR count). The first-order valence-corrected chi connectivity index (χ1v) is 6.58. The molecule has 0 spiro atoms. The van der Waals surface area contributed by atoms with E-state index in [9.17, 15) is 4.79 Å². The molecule has 0 saturated carbocycles. The molecule has 0 aliphatic carbocycles. The fourth-order valence-corrected chi connectivity index (χ4v) is 1.74. The van der Waals surface area contributed by atoms with Crippen LogP contribution in [0.4, 0.5) is 0 Å². The molecule has 2 heteroatoms. The highest BCUT2D eigenvalue weighted by atomic mass is 16.2. The van der Waals surface area contributed by atoms with E-state index >= 15 is 0 Å². The molecule has 2 nitrogen and oxygen atoms in total. The zero-order valence-electron chi connectivity index (χ0n) is 11.4. The fourth-order valence-electron chi connectivity index (χ4n) is 1.74. The van der Waals surface area contributed by atoms with Crippen LogP contribution in [0.1, 0.15) is 66.2 Å².